The molecule has 1 heterocycles. The molecule has 0 bridgehead atoms. The van der Waals surface area contributed by atoms with Crippen molar-refractivity contribution in [1.29, 1.82) is 0 Å². The lowest BCUT2D eigenvalue weighted by molar-refractivity contribution is 0.839. The van der Waals surface area contributed by atoms with Crippen LogP contribution in [0.2, 0.25) is 10.0 Å². The molecule has 1 saturated carbocycles. The Morgan fingerprint density at radius 2 is 1.94 bits per heavy atom. The molecule has 0 saturated heterocycles. The molecule has 88 valence electrons. The normalized spacial score (nSPS) is 15.2. The van der Waals surface area contributed by atoms with Crippen LogP contribution in [0, 0.1) is 0 Å². The summed E-state index contributed by atoms with van der Waals surface area (Å²) in [4.78, 5) is 0. The second kappa shape index (κ2) is 3.93. The van der Waals surface area contributed by atoms with Gasteiger partial charge in [0.1, 0.15) is 0 Å². The fourth-order valence-corrected chi connectivity index (χ4v) is 2.15. The summed E-state index contributed by atoms with van der Waals surface area (Å²) in [6.07, 6.45) is 4.37. The molecule has 1 aliphatic rings. The van der Waals surface area contributed by atoms with Crippen molar-refractivity contribution in [3.05, 3.63) is 40.1 Å². The van der Waals surface area contributed by atoms with Crippen LogP contribution in [0.1, 0.15) is 24.5 Å². The van der Waals surface area contributed by atoms with Gasteiger partial charge >= 0.3 is 0 Å². The molecule has 0 atom stereocenters. The van der Waals surface area contributed by atoms with Gasteiger partial charge in [0.2, 0.25) is 0 Å². The SMILES string of the molecule is Nc1cc(Cl)c(Cl)cc1-n1ccc(C2CC2)n1. The minimum atomic E-state index is 0.461. The highest BCUT2D eigenvalue weighted by Crippen LogP contribution is 2.39. The molecular weight excluding hydrogens is 257 g/mol. The van der Waals surface area contributed by atoms with Crippen molar-refractivity contribution >= 4 is 28.9 Å². The van der Waals surface area contributed by atoms with Crippen LogP contribution in [0.3, 0.4) is 0 Å². The van der Waals surface area contributed by atoms with Crippen molar-refractivity contribution < 1.29 is 0 Å². The average molecular weight is 268 g/mol. The van der Waals surface area contributed by atoms with E-state index in [9.17, 15) is 0 Å². The summed E-state index contributed by atoms with van der Waals surface area (Å²) in [6, 6.07) is 5.42. The summed E-state index contributed by atoms with van der Waals surface area (Å²) in [6.45, 7) is 0. The van der Waals surface area contributed by atoms with Crippen molar-refractivity contribution in [2.24, 2.45) is 0 Å². The van der Waals surface area contributed by atoms with E-state index >= 15 is 0 Å². The van der Waals surface area contributed by atoms with E-state index in [1.807, 2.05) is 12.3 Å². The third-order valence-corrected chi connectivity index (χ3v) is 3.64. The topological polar surface area (TPSA) is 43.8 Å². The van der Waals surface area contributed by atoms with Crippen LogP contribution in [0.25, 0.3) is 5.69 Å². The Labute approximate surface area is 109 Å². The molecule has 2 N–H and O–H groups in total. The Morgan fingerprint density at radius 3 is 2.65 bits per heavy atom. The standard InChI is InChI=1S/C12H11Cl2N3/c13-8-5-10(15)12(6-9(8)14)17-4-3-11(16-17)7-1-2-7/h3-7H,1-2,15H2. The summed E-state index contributed by atoms with van der Waals surface area (Å²) in [5.41, 5.74) is 8.38. The van der Waals surface area contributed by atoms with Gasteiger partial charge in [0.05, 0.1) is 27.1 Å². The van der Waals surface area contributed by atoms with Crippen molar-refractivity contribution in [3.63, 3.8) is 0 Å². The van der Waals surface area contributed by atoms with Gasteiger partial charge in [-0.25, -0.2) is 4.68 Å². The number of nitrogens with zero attached hydrogens (tertiary/aromatic N) is 2. The Kier molecular flexibility index (Phi) is 2.53. The maximum atomic E-state index is 5.99. The van der Waals surface area contributed by atoms with E-state index in [1.165, 1.54) is 12.8 Å². The van der Waals surface area contributed by atoms with E-state index in [4.69, 9.17) is 28.9 Å². The van der Waals surface area contributed by atoms with E-state index < -0.39 is 0 Å². The number of benzene rings is 1. The van der Waals surface area contributed by atoms with Crippen molar-refractivity contribution in [3.8, 4) is 5.69 Å². The van der Waals surface area contributed by atoms with Crippen LogP contribution < -0.4 is 5.73 Å². The summed E-state index contributed by atoms with van der Waals surface area (Å²) in [5.74, 6) is 0.625. The molecule has 0 amide bonds. The van der Waals surface area contributed by atoms with Crippen LogP contribution in [-0.4, -0.2) is 9.78 Å². The fourth-order valence-electron chi connectivity index (χ4n) is 1.82. The fraction of sp³-hybridized carbons (Fsp3) is 0.250. The van der Waals surface area contributed by atoms with E-state index in [1.54, 1.807) is 16.8 Å². The summed E-state index contributed by atoms with van der Waals surface area (Å²) < 4.78 is 1.76. The third-order valence-electron chi connectivity index (χ3n) is 2.92. The quantitative estimate of drug-likeness (QED) is 0.845. The molecule has 0 aliphatic heterocycles. The smallest absolute Gasteiger partial charge is 0.0890 e. The Balaban J connectivity index is 2.04. The van der Waals surface area contributed by atoms with Gasteiger partial charge in [-0.3, -0.25) is 0 Å². The zero-order valence-corrected chi connectivity index (χ0v) is 10.5. The molecule has 1 aromatic heterocycles. The molecule has 5 heteroatoms. The Bertz CT molecular complexity index is 573. The number of hydrogen-bond acceptors (Lipinski definition) is 2. The van der Waals surface area contributed by atoms with Gasteiger partial charge < -0.3 is 5.73 Å². The van der Waals surface area contributed by atoms with Crippen molar-refractivity contribution in [2.75, 3.05) is 5.73 Å². The van der Waals surface area contributed by atoms with Crippen molar-refractivity contribution in [2.45, 2.75) is 18.8 Å². The van der Waals surface area contributed by atoms with Gasteiger partial charge in [-0.1, -0.05) is 23.2 Å². The minimum absolute atomic E-state index is 0.461. The zero-order valence-electron chi connectivity index (χ0n) is 9.03. The van der Waals surface area contributed by atoms with Crippen LogP contribution in [-0.2, 0) is 0 Å². The molecule has 2 aromatic rings. The highest BCUT2D eigenvalue weighted by atomic mass is 35.5. The molecule has 0 radical (unpaired) electrons. The summed E-state index contributed by atoms with van der Waals surface area (Å²) in [5, 5.41) is 5.46. The number of hydrogen-bond donors (Lipinski definition) is 1. The zero-order chi connectivity index (χ0) is 12.0. The van der Waals surface area contributed by atoms with E-state index in [0.717, 1.165) is 11.4 Å². The monoisotopic (exact) mass is 267 g/mol. The van der Waals surface area contributed by atoms with E-state index in [0.29, 0.717) is 21.7 Å². The highest BCUT2D eigenvalue weighted by Gasteiger charge is 2.26. The molecule has 3 nitrogen and oxygen atoms in total. The van der Waals surface area contributed by atoms with Crippen molar-refractivity contribution in [1.82, 2.24) is 9.78 Å². The second-order valence-electron chi connectivity index (χ2n) is 4.28. The van der Waals surface area contributed by atoms with Crippen LogP contribution >= 0.6 is 23.2 Å². The number of aromatic nitrogens is 2. The summed E-state index contributed by atoms with van der Waals surface area (Å²) >= 11 is 11.9. The molecule has 1 aliphatic carbocycles. The number of halogens is 2. The predicted octanol–water partition coefficient (Wildman–Crippen LogP) is 3.64. The van der Waals surface area contributed by atoms with E-state index in [2.05, 4.69) is 5.10 Å². The first kappa shape index (κ1) is 10.9. The second-order valence-corrected chi connectivity index (χ2v) is 5.10. The number of rotatable bonds is 2. The van der Waals surface area contributed by atoms with Crippen LogP contribution in [0.5, 0.6) is 0 Å². The van der Waals surface area contributed by atoms with Gasteiger partial charge in [-0.05, 0) is 31.0 Å². The molecule has 17 heavy (non-hydrogen) atoms. The first-order valence-electron chi connectivity index (χ1n) is 5.45. The summed E-state index contributed by atoms with van der Waals surface area (Å²) in [7, 11) is 0. The molecule has 0 spiro atoms. The molecule has 1 aromatic carbocycles. The average Bonchev–Trinajstić information content (AvgIpc) is 3.03. The van der Waals surface area contributed by atoms with Gasteiger partial charge in [0.25, 0.3) is 0 Å². The van der Waals surface area contributed by atoms with Gasteiger partial charge in [0, 0.05) is 12.1 Å². The largest absolute Gasteiger partial charge is 0.397 e. The molecular formula is C12H11Cl2N3. The maximum Gasteiger partial charge on any atom is 0.0890 e. The first-order chi connectivity index (χ1) is 8.15. The maximum absolute atomic E-state index is 5.99. The van der Waals surface area contributed by atoms with Gasteiger partial charge in [-0.15, -0.1) is 0 Å². The Morgan fingerprint density at radius 1 is 1.24 bits per heavy atom. The number of nitrogens with two attached hydrogens (primary N) is 1. The lowest BCUT2D eigenvalue weighted by Crippen LogP contribution is -2.01. The number of nitrogen functional groups attached to an aromatic ring is 1. The molecule has 0 unspecified atom stereocenters. The first-order valence-corrected chi connectivity index (χ1v) is 6.21. The minimum Gasteiger partial charge on any atom is -0.397 e. The molecule has 1 fully saturated rings. The van der Waals surface area contributed by atoms with E-state index in [-0.39, 0.29) is 0 Å². The van der Waals surface area contributed by atoms with Crippen LogP contribution in [0.15, 0.2) is 24.4 Å². The van der Waals surface area contributed by atoms with Gasteiger partial charge in [-0.2, -0.15) is 5.10 Å². The highest BCUT2D eigenvalue weighted by molar-refractivity contribution is 6.42. The lowest BCUT2D eigenvalue weighted by Gasteiger charge is -2.07. The number of anilines is 1. The molecule has 3 rings (SSSR count). The Hall–Kier alpha value is -1.19. The van der Waals surface area contributed by atoms with Gasteiger partial charge in [0.15, 0.2) is 0 Å². The predicted molar refractivity (Wildman–Crippen MR) is 70.0 cm³/mol. The van der Waals surface area contributed by atoms with Crippen LogP contribution in [0.4, 0.5) is 5.69 Å². The lowest BCUT2D eigenvalue weighted by atomic mass is 10.3. The third kappa shape index (κ3) is 2.01.